The Kier molecular flexibility index (Phi) is 4.42. The first-order chi connectivity index (χ1) is 10.2. The van der Waals surface area contributed by atoms with Crippen molar-refractivity contribution in [3.8, 4) is 0 Å². The summed E-state index contributed by atoms with van der Waals surface area (Å²) in [4.78, 5) is 0. The van der Waals surface area contributed by atoms with E-state index in [-0.39, 0.29) is 11.1 Å². The van der Waals surface area contributed by atoms with E-state index in [2.05, 4.69) is 19.9 Å². The molecular weight excluding hydrogens is 266 g/mol. The summed E-state index contributed by atoms with van der Waals surface area (Å²) in [6.45, 7) is 7.52. The Balaban J connectivity index is 1.99. The minimum atomic E-state index is -0.201. The van der Waals surface area contributed by atoms with Crippen LogP contribution < -0.4 is 0 Å². The van der Waals surface area contributed by atoms with Crippen molar-refractivity contribution in [3.63, 3.8) is 0 Å². The Morgan fingerprint density at radius 1 is 1.05 bits per heavy atom. The zero-order chi connectivity index (χ0) is 14.9. The zero-order valence-corrected chi connectivity index (χ0v) is 13.4. The van der Waals surface area contributed by atoms with Crippen LogP contribution in [0, 0.1) is 5.92 Å². The summed E-state index contributed by atoms with van der Waals surface area (Å²) in [6, 6.07) is 0. The molecule has 3 aliphatic rings. The molecule has 0 bridgehead atoms. The number of hydrogen-bond donors (Lipinski definition) is 1. The van der Waals surface area contributed by atoms with Gasteiger partial charge in [0.25, 0.3) is 0 Å². The van der Waals surface area contributed by atoms with Gasteiger partial charge in [-0.2, -0.15) is 5.06 Å². The van der Waals surface area contributed by atoms with Crippen molar-refractivity contribution in [3.05, 3.63) is 11.6 Å². The van der Waals surface area contributed by atoms with Crippen molar-refractivity contribution < 1.29 is 14.7 Å². The largest absolute Gasteiger partial charge is 0.381 e. The number of hydrogen-bond acceptors (Lipinski definition) is 4. The number of rotatable bonds is 3. The average molecular weight is 295 g/mol. The van der Waals surface area contributed by atoms with Gasteiger partial charge in [-0.25, -0.2) is 0 Å². The molecular formula is C17H29NO3. The molecule has 1 N–H and O–H groups in total. The summed E-state index contributed by atoms with van der Waals surface area (Å²) in [6.07, 6.45) is 8.32. The molecule has 0 radical (unpaired) electrons. The normalized spacial score (nSPS) is 28.5. The molecule has 3 rings (SSSR count). The van der Waals surface area contributed by atoms with Crippen molar-refractivity contribution in [2.75, 3.05) is 26.4 Å². The summed E-state index contributed by atoms with van der Waals surface area (Å²) < 4.78 is 11.1. The molecule has 0 unspecified atom stereocenters. The third-order valence-electron chi connectivity index (χ3n) is 5.89. The number of ether oxygens (including phenoxy) is 2. The van der Waals surface area contributed by atoms with E-state index in [1.807, 2.05) is 0 Å². The van der Waals surface area contributed by atoms with E-state index < -0.39 is 0 Å². The Hall–Kier alpha value is -0.420. The van der Waals surface area contributed by atoms with Gasteiger partial charge in [0.05, 0.1) is 11.1 Å². The van der Waals surface area contributed by atoms with E-state index in [1.54, 1.807) is 5.06 Å². The van der Waals surface area contributed by atoms with Crippen LogP contribution in [0.2, 0.25) is 0 Å². The Morgan fingerprint density at radius 2 is 1.57 bits per heavy atom. The standard InChI is InChI=1S/C17H29NO3/c1-3-14(4-2)15-13-16(5-9-20-10-6-16)18(19)17(15)7-11-21-12-8-17/h13-14,19H,3-12H2,1-2H3. The maximum atomic E-state index is 11.2. The monoisotopic (exact) mass is 295 g/mol. The quantitative estimate of drug-likeness (QED) is 0.812. The fraction of sp³-hybridized carbons (Fsp3) is 0.882. The maximum Gasteiger partial charge on any atom is 0.0725 e. The van der Waals surface area contributed by atoms with Crippen molar-refractivity contribution in [1.82, 2.24) is 5.06 Å². The molecule has 0 saturated carbocycles. The average Bonchev–Trinajstić information content (AvgIpc) is 2.74. The van der Waals surface area contributed by atoms with Gasteiger partial charge >= 0.3 is 0 Å². The summed E-state index contributed by atoms with van der Waals surface area (Å²) in [5.74, 6) is 0.569. The molecule has 2 saturated heterocycles. The SMILES string of the molecule is CCC(CC)C1=CC2(CCOCC2)N(O)C12CCOCC2. The molecule has 4 heteroatoms. The fourth-order valence-corrected chi connectivity index (χ4v) is 4.55. The highest BCUT2D eigenvalue weighted by atomic mass is 16.5. The van der Waals surface area contributed by atoms with Gasteiger partial charge in [0.1, 0.15) is 0 Å². The van der Waals surface area contributed by atoms with Crippen LogP contribution in [0.25, 0.3) is 0 Å². The zero-order valence-electron chi connectivity index (χ0n) is 13.4. The van der Waals surface area contributed by atoms with E-state index in [0.29, 0.717) is 5.92 Å². The van der Waals surface area contributed by atoms with Crippen LogP contribution in [0.5, 0.6) is 0 Å². The molecule has 0 amide bonds. The smallest absolute Gasteiger partial charge is 0.0725 e. The molecule has 0 aromatic rings. The van der Waals surface area contributed by atoms with Crippen molar-refractivity contribution in [2.45, 2.75) is 63.5 Å². The second-order valence-corrected chi connectivity index (χ2v) is 6.78. The maximum absolute atomic E-state index is 11.2. The second-order valence-electron chi connectivity index (χ2n) is 6.78. The van der Waals surface area contributed by atoms with Crippen LogP contribution >= 0.6 is 0 Å². The second kappa shape index (κ2) is 5.99. The van der Waals surface area contributed by atoms with Gasteiger partial charge in [0.15, 0.2) is 0 Å². The molecule has 0 aliphatic carbocycles. The lowest BCUT2D eigenvalue weighted by molar-refractivity contribution is -0.237. The van der Waals surface area contributed by atoms with E-state index in [4.69, 9.17) is 9.47 Å². The third-order valence-corrected chi connectivity index (χ3v) is 5.89. The van der Waals surface area contributed by atoms with E-state index in [9.17, 15) is 5.21 Å². The van der Waals surface area contributed by atoms with Crippen molar-refractivity contribution in [1.29, 1.82) is 0 Å². The molecule has 3 heterocycles. The van der Waals surface area contributed by atoms with Crippen LogP contribution in [-0.4, -0.2) is 47.8 Å². The lowest BCUT2D eigenvalue weighted by Crippen LogP contribution is -2.58. The van der Waals surface area contributed by atoms with Crippen LogP contribution in [0.15, 0.2) is 11.6 Å². The van der Waals surface area contributed by atoms with Crippen LogP contribution in [0.3, 0.4) is 0 Å². The van der Waals surface area contributed by atoms with E-state index in [1.165, 1.54) is 5.57 Å². The topological polar surface area (TPSA) is 41.9 Å². The Labute approximate surface area is 128 Å². The van der Waals surface area contributed by atoms with Crippen LogP contribution in [-0.2, 0) is 9.47 Å². The molecule has 0 aromatic heterocycles. The number of hydroxylamine groups is 2. The van der Waals surface area contributed by atoms with Gasteiger partial charge < -0.3 is 14.7 Å². The Bertz CT molecular complexity index is 391. The first kappa shape index (κ1) is 15.5. The summed E-state index contributed by atoms with van der Waals surface area (Å²) >= 11 is 0. The first-order valence-electron chi connectivity index (χ1n) is 8.56. The minimum Gasteiger partial charge on any atom is -0.381 e. The van der Waals surface area contributed by atoms with Gasteiger partial charge in [0.2, 0.25) is 0 Å². The lowest BCUT2D eigenvalue weighted by Gasteiger charge is -2.48. The van der Waals surface area contributed by atoms with Gasteiger partial charge in [-0.3, -0.25) is 0 Å². The highest BCUT2D eigenvalue weighted by molar-refractivity contribution is 5.36. The molecule has 0 atom stereocenters. The molecule has 21 heavy (non-hydrogen) atoms. The molecule has 0 aromatic carbocycles. The van der Waals surface area contributed by atoms with E-state index in [0.717, 1.165) is 65.0 Å². The Morgan fingerprint density at radius 3 is 2.10 bits per heavy atom. The third kappa shape index (κ3) is 2.37. The molecule has 2 fully saturated rings. The van der Waals surface area contributed by atoms with Gasteiger partial charge in [-0.05, 0) is 50.0 Å². The molecule has 4 nitrogen and oxygen atoms in total. The fourth-order valence-electron chi connectivity index (χ4n) is 4.55. The summed E-state index contributed by atoms with van der Waals surface area (Å²) in [5.41, 5.74) is 1.08. The summed E-state index contributed by atoms with van der Waals surface area (Å²) in [7, 11) is 0. The molecule has 3 aliphatic heterocycles. The van der Waals surface area contributed by atoms with E-state index >= 15 is 0 Å². The summed E-state index contributed by atoms with van der Waals surface area (Å²) in [5, 5.41) is 12.9. The van der Waals surface area contributed by atoms with Crippen LogP contribution in [0.4, 0.5) is 0 Å². The predicted molar refractivity (Wildman–Crippen MR) is 81.3 cm³/mol. The molecule has 120 valence electrons. The minimum absolute atomic E-state index is 0.188. The first-order valence-corrected chi connectivity index (χ1v) is 8.56. The van der Waals surface area contributed by atoms with Gasteiger partial charge in [-0.1, -0.05) is 19.9 Å². The van der Waals surface area contributed by atoms with Crippen molar-refractivity contribution >= 4 is 0 Å². The highest BCUT2D eigenvalue weighted by Gasteiger charge is 2.56. The van der Waals surface area contributed by atoms with Crippen molar-refractivity contribution in [2.24, 2.45) is 5.92 Å². The molecule has 2 spiro atoms. The predicted octanol–water partition coefficient (Wildman–Crippen LogP) is 3.15. The number of nitrogens with zero attached hydrogens (tertiary/aromatic N) is 1. The highest BCUT2D eigenvalue weighted by Crippen LogP contribution is 2.51. The van der Waals surface area contributed by atoms with Gasteiger partial charge in [0, 0.05) is 26.4 Å². The van der Waals surface area contributed by atoms with Crippen LogP contribution in [0.1, 0.15) is 52.4 Å². The van der Waals surface area contributed by atoms with Gasteiger partial charge in [-0.15, -0.1) is 0 Å². The lowest BCUT2D eigenvalue weighted by atomic mass is 9.76.